The summed E-state index contributed by atoms with van der Waals surface area (Å²) in [7, 11) is 1.43. The molecule has 8 heteroatoms. The maximum Gasteiger partial charge on any atom is 0.344 e. The Morgan fingerprint density at radius 1 is 1.07 bits per heavy atom. The molecule has 156 valence electrons. The summed E-state index contributed by atoms with van der Waals surface area (Å²) in [6.07, 6.45) is 0. The second-order valence-corrected chi connectivity index (χ2v) is 6.32. The van der Waals surface area contributed by atoms with Crippen LogP contribution < -0.4 is 10.1 Å². The third kappa shape index (κ3) is 5.30. The summed E-state index contributed by atoms with van der Waals surface area (Å²) < 4.78 is 28.7. The van der Waals surface area contributed by atoms with Gasteiger partial charge in [0, 0.05) is 29.8 Å². The number of carbonyl (C=O) groups is 2. The van der Waals surface area contributed by atoms with Gasteiger partial charge in [0.05, 0.1) is 17.8 Å². The van der Waals surface area contributed by atoms with Crippen LogP contribution in [0.4, 0.5) is 10.1 Å². The van der Waals surface area contributed by atoms with Crippen LogP contribution in [0.1, 0.15) is 6.92 Å². The highest BCUT2D eigenvalue weighted by molar-refractivity contribution is 5.96. The number of esters is 1. The van der Waals surface area contributed by atoms with Crippen LogP contribution in [0.3, 0.4) is 0 Å². The molecule has 1 heterocycles. The van der Waals surface area contributed by atoms with Gasteiger partial charge in [-0.1, -0.05) is 0 Å². The van der Waals surface area contributed by atoms with Crippen molar-refractivity contribution < 1.29 is 28.2 Å². The van der Waals surface area contributed by atoms with Crippen LogP contribution in [0.5, 0.6) is 5.75 Å². The minimum absolute atomic E-state index is 0.0774. The van der Waals surface area contributed by atoms with E-state index in [1.807, 2.05) is 0 Å². The molecule has 0 aliphatic carbocycles. The summed E-state index contributed by atoms with van der Waals surface area (Å²) in [4.78, 5) is 28.2. The van der Waals surface area contributed by atoms with Gasteiger partial charge in [0.15, 0.2) is 6.61 Å². The van der Waals surface area contributed by atoms with Crippen molar-refractivity contribution in [3.05, 3.63) is 54.3 Å². The summed E-state index contributed by atoms with van der Waals surface area (Å²) in [5.74, 6) is -0.776. The molecule has 1 amide bonds. The van der Waals surface area contributed by atoms with Crippen LogP contribution in [0, 0.1) is 5.82 Å². The number of aromatic nitrogens is 1. The Hall–Kier alpha value is -3.52. The van der Waals surface area contributed by atoms with Gasteiger partial charge >= 0.3 is 5.97 Å². The van der Waals surface area contributed by atoms with E-state index in [9.17, 15) is 14.0 Å². The average molecular weight is 412 g/mol. The zero-order valence-corrected chi connectivity index (χ0v) is 16.6. The monoisotopic (exact) mass is 412 g/mol. The fourth-order valence-corrected chi connectivity index (χ4v) is 2.83. The zero-order chi connectivity index (χ0) is 21.5. The lowest BCUT2D eigenvalue weighted by atomic mass is 10.1. The molecule has 7 nitrogen and oxygen atoms in total. The van der Waals surface area contributed by atoms with Crippen LogP contribution in [0.2, 0.25) is 0 Å². The Labute approximate surface area is 172 Å². The highest BCUT2D eigenvalue weighted by atomic mass is 19.1. The molecule has 30 heavy (non-hydrogen) atoms. The number of hydrogen-bond donors (Lipinski definition) is 1. The van der Waals surface area contributed by atoms with Crippen LogP contribution in [-0.2, 0) is 19.1 Å². The highest BCUT2D eigenvalue weighted by Gasteiger charge is 2.13. The topological polar surface area (TPSA) is 86.8 Å². The van der Waals surface area contributed by atoms with Crippen LogP contribution in [-0.4, -0.2) is 43.8 Å². The predicted octanol–water partition coefficient (Wildman–Crippen LogP) is 3.57. The molecule has 0 spiro atoms. The van der Waals surface area contributed by atoms with Gasteiger partial charge in [-0.3, -0.25) is 4.79 Å². The number of carbonyl (C=O) groups excluding carboxylic acids is 2. The molecule has 0 atom stereocenters. The molecular formula is C22H21FN2O5. The van der Waals surface area contributed by atoms with E-state index in [0.29, 0.717) is 33.6 Å². The molecule has 2 aromatic carbocycles. The first-order chi connectivity index (χ1) is 14.5. The molecular weight excluding hydrogens is 391 g/mol. The number of pyridine rings is 1. The molecule has 0 bridgehead atoms. The highest BCUT2D eigenvalue weighted by Crippen LogP contribution is 2.32. The van der Waals surface area contributed by atoms with Crippen molar-refractivity contribution in [1.29, 1.82) is 0 Å². The number of rotatable bonds is 8. The van der Waals surface area contributed by atoms with E-state index >= 15 is 0 Å². The quantitative estimate of drug-likeness (QED) is 0.569. The Kier molecular flexibility index (Phi) is 6.92. The van der Waals surface area contributed by atoms with Gasteiger partial charge < -0.3 is 19.5 Å². The van der Waals surface area contributed by atoms with Gasteiger partial charge in [-0.2, -0.15) is 0 Å². The van der Waals surface area contributed by atoms with Crippen LogP contribution in [0.15, 0.2) is 48.5 Å². The summed E-state index contributed by atoms with van der Waals surface area (Å²) >= 11 is 0. The Morgan fingerprint density at radius 3 is 2.53 bits per heavy atom. The number of halogens is 1. The maximum absolute atomic E-state index is 13.3. The fraction of sp³-hybridized carbons (Fsp3) is 0.227. The Morgan fingerprint density at radius 2 is 1.83 bits per heavy atom. The molecule has 0 saturated carbocycles. The summed E-state index contributed by atoms with van der Waals surface area (Å²) in [6, 6.07) is 12.7. The largest absolute Gasteiger partial charge is 0.481 e. The molecule has 3 rings (SSSR count). The first-order valence-electron chi connectivity index (χ1n) is 9.28. The fourth-order valence-electron chi connectivity index (χ4n) is 2.83. The maximum atomic E-state index is 13.3. The van der Waals surface area contributed by atoms with E-state index in [2.05, 4.69) is 10.3 Å². The number of nitrogens with one attached hydrogen (secondary N) is 1. The van der Waals surface area contributed by atoms with Gasteiger partial charge in [-0.15, -0.1) is 0 Å². The van der Waals surface area contributed by atoms with Crippen molar-refractivity contribution in [3.63, 3.8) is 0 Å². The number of nitrogens with zero attached hydrogens (tertiary/aromatic N) is 1. The lowest BCUT2D eigenvalue weighted by molar-refractivity contribution is -0.145. The van der Waals surface area contributed by atoms with E-state index in [0.717, 1.165) is 0 Å². The molecule has 0 saturated heterocycles. The minimum atomic E-state index is -0.504. The van der Waals surface area contributed by atoms with Crippen molar-refractivity contribution in [2.45, 2.75) is 6.92 Å². The van der Waals surface area contributed by atoms with E-state index in [4.69, 9.17) is 14.2 Å². The summed E-state index contributed by atoms with van der Waals surface area (Å²) in [5, 5.41) is 3.32. The van der Waals surface area contributed by atoms with E-state index in [-0.39, 0.29) is 31.5 Å². The molecule has 0 unspecified atom stereocenters. The number of fused-ring (bicyclic) bond motifs is 1. The standard InChI is InChI=1S/C22H21FN2O5/c1-3-29-22(27)13-30-20-11-19(14-4-6-15(23)7-5-14)25-18-9-8-16(10-17(18)20)24-21(26)12-28-2/h4-11H,3,12-13H2,1-2H3,(H,24,26). The van der Waals surface area contributed by atoms with Crippen molar-refractivity contribution in [2.24, 2.45) is 0 Å². The third-order valence-corrected chi connectivity index (χ3v) is 4.12. The number of hydrogen-bond acceptors (Lipinski definition) is 6. The van der Waals surface area contributed by atoms with Crippen molar-refractivity contribution in [1.82, 2.24) is 4.98 Å². The number of benzene rings is 2. The molecule has 3 aromatic rings. The van der Waals surface area contributed by atoms with Crippen LogP contribution in [0.25, 0.3) is 22.2 Å². The van der Waals surface area contributed by atoms with Gasteiger partial charge in [-0.25, -0.2) is 14.2 Å². The van der Waals surface area contributed by atoms with Gasteiger partial charge in [0.25, 0.3) is 0 Å². The van der Waals surface area contributed by atoms with E-state index in [1.54, 1.807) is 43.3 Å². The average Bonchev–Trinajstić information content (AvgIpc) is 2.73. The zero-order valence-electron chi connectivity index (χ0n) is 16.6. The second kappa shape index (κ2) is 9.80. The SMILES string of the molecule is CCOC(=O)COc1cc(-c2ccc(F)cc2)nc2ccc(NC(=O)COC)cc12. The minimum Gasteiger partial charge on any atom is -0.481 e. The van der Waals surface area contributed by atoms with Gasteiger partial charge in [0.1, 0.15) is 18.2 Å². The molecule has 0 aliphatic heterocycles. The van der Waals surface area contributed by atoms with Crippen molar-refractivity contribution >= 4 is 28.5 Å². The Bertz CT molecular complexity index is 1050. The smallest absolute Gasteiger partial charge is 0.344 e. The molecule has 1 aromatic heterocycles. The first-order valence-corrected chi connectivity index (χ1v) is 9.28. The molecule has 0 fully saturated rings. The lowest BCUT2D eigenvalue weighted by Crippen LogP contribution is -2.17. The number of ether oxygens (including phenoxy) is 3. The predicted molar refractivity (Wildman–Crippen MR) is 110 cm³/mol. The molecule has 1 N–H and O–H groups in total. The van der Waals surface area contributed by atoms with Crippen LogP contribution >= 0.6 is 0 Å². The summed E-state index contributed by atoms with van der Waals surface area (Å²) in [5.41, 5.74) is 2.36. The van der Waals surface area contributed by atoms with E-state index < -0.39 is 5.97 Å². The number of amides is 1. The molecule has 0 aliphatic rings. The normalized spacial score (nSPS) is 10.6. The van der Waals surface area contributed by atoms with Crippen molar-refractivity contribution in [2.75, 3.05) is 32.2 Å². The van der Waals surface area contributed by atoms with Crippen molar-refractivity contribution in [3.8, 4) is 17.0 Å². The first kappa shape index (κ1) is 21.2. The van der Waals surface area contributed by atoms with Gasteiger partial charge in [0.2, 0.25) is 5.91 Å². The summed E-state index contributed by atoms with van der Waals surface area (Å²) in [6.45, 7) is 1.60. The molecule has 0 radical (unpaired) electrons. The van der Waals surface area contributed by atoms with Gasteiger partial charge in [-0.05, 0) is 49.4 Å². The lowest BCUT2D eigenvalue weighted by Gasteiger charge is -2.13. The number of methoxy groups -OCH3 is 1. The Balaban J connectivity index is 2.00. The second-order valence-electron chi connectivity index (χ2n) is 6.32. The number of anilines is 1. The van der Waals surface area contributed by atoms with E-state index in [1.165, 1.54) is 19.2 Å². The third-order valence-electron chi connectivity index (χ3n) is 4.12.